The number of nitrogens with zero attached hydrogens (tertiary/aromatic N) is 2. The van der Waals surface area contributed by atoms with Crippen molar-refractivity contribution in [3.05, 3.63) is 53.7 Å². The minimum atomic E-state index is 0.437. The number of pyridine rings is 2. The predicted octanol–water partition coefficient (Wildman–Crippen LogP) is 3.53. The van der Waals surface area contributed by atoms with E-state index in [0.29, 0.717) is 16.6 Å². The van der Waals surface area contributed by atoms with Crippen LogP contribution in [0.1, 0.15) is 0 Å². The van der Waals surface area contributed by atoms with Crippen molar-refractivity contribution in [3.8, 4) is 11.1 Å². The lowest BCUT2D eigenvalue weighted by Crippen LogP contribution is -1.93. The molecule has 0 amide bonds. The van der Waals surface area contributed by atoms with Crippen LogP contribution in [0.15, 0.2) is 48.5 Å². The number of rotatable bonds is 1. The molecule has 2 aromatic heterocycles. The van der Waals surface area contributed by atoms with Crippen molar-refractivity contribution in [1.82, 2.24) is 9.97 Å². The molecule has 0 saturated carbocycles. The molecular weight excluding hydrogens is 246 g/mol. The maximum Gasteiger partial charge on any atom is 0.163 e. The van der Waals surface area contributed by atoms with Crippen LogP contribution in [0, 0.1) is 0 Å². The van der Waals surface area contributed by atoms with Crippen LogP contribution in [0.4, 0.5) is 5.82 Å². The summed E-state index contributed by atoms with van der Waals surface area (Å²) in [5.41, 5.74) is 8.13. The number of hydrogen-bond acceptors (Lipinski definition) is 3. The molecule has 0 aliphatic carbocycles. The Morgan fingerprint density at radius 3 is 2.50 bits per heavy atom. The maximum absolute atomic E-state index is 6.20. The largest absolute Gasteiger partial charge is 0.384 e. The van der Waals surface area contributed by atoms with Crippen LogP contribution in [-0.2, 0) is 0 Å². The van der Waals surface area contributed by atoms with Gasteiger partial charge in [-0.05, 0) is 23.8 Å². The number of hydrogen-bond donors (Lipinski definition) is 1. The molecule has 0 unspecified atom stereocenters. The van der Waals surface area contributed by atoms with E-state index in [4.69, 9.17) is 17.3 Å². The Kier molecular flexibility index (Phi) is 2.61. The van der Waals surface area contributed by atoms with E-state index in [1.165, 1.54) is 0 Å². The zero-order valence-corrected chi connectivity index (χ0v) is 10.2. The first-order chi connectivity index (χ1) is 8.74. The molecular formula is C14H10ClN3. The number of halogens is 1. The van der Waals surface area contributed by atoms with E-state index in [0.717, 1.165) is 16.5 Å². The lowest BCUT2D eigenvalue weighted by molar-refractivity contribution is 1.29. The highest BCUT2D eigenvalue weighted by atomic mass is 35.5. The van der Waals surface area contributed by atoms with Gasteiger partial charge in [0.1, 0.15) is 11.0 Å². The third kappa shape index (κ3) is 1.89. The second kappa shape index (κ2) is 4.27. The topological polar surface area (TPSA) is 51.8 Å². The normalized spacial score (nSPS) is 10.7. The average Bonchev–Trinajstić information content (AvgIpc) is 2.39. The molecule has 88 valence electrons. The summed E-state index contributed by atoms with van der Waals surface area (Å²) in [4.78, 5) is 8.44. The Morgan fingerprint density at radius 1 is 0.944 bits per heavy atom. The van der Waals surface area contributed by atoms with Crippen LogP contribution in [0.25, 0.3) is 22.2 Å². The Morgan fingerprint density at radius 2 is 1.72 bits per heavy atom. The van der Waals surface area contributed by atoms with Gasteiger partial charge in [-0.15, -0.1) is 0 Å². The van der Waals surface area contributed by atoms with E-state index in [-0.39, 0.29) is 0 Å². The molecule has 2 N–H and O–H groups in total. The molecule has 0 bridgehead atoms. The van der Waals surface area contributed by atoms with Gasteiger partial charge in [0.2, 0.25) is 0 Å². The molecule has 0 spiro atoms. The van der Waals surface area contributed by atoms with Crippen LogP contribution in [0.5, 0.6) is 0 Å². The van der Waals surface area contributed by atoms with Gasteiger partial charge in [0.05, 0.1) is 0 Å². The molecule has 1 aromatic carbocycles. The van der Waals surface area contributed by atoms with Gasteiger partial charge in [0.25, 0.3) is 0 Å². The summed E-state index contributed by atoms with van der Waals surface area (Å²) in [6.45, 7) is 0. The molecule has 4 heteroatoms. The summed E-state index contributed by atoms with van der Waals surface area (Å²) >= 11 is 6.20. The van der Waals surface area contributed by atoms with Gasteiger partial charge in [0.15, 0.2) is 5.65 Å². The van der Waals surface area contributed by atoms with Gasteiger partial charge < -0.3 is 5.73 Å². The highest BCUT2D eigenvalue weighted by Crippen LogP contribution is 2.29. The standard InChI is InChI=1S/C14H10ClN3/c15-13-11(9-4-2-1-3-5-9)8-10-6-7-12(16)17-14(10)18-13/h1-8H,(H2,16,17,18). The third-order valence-electron chi connectivity index (χ3n) is 2.74. The molecule has 0 aliphatic rings. The van der Waals surface area contributed by atoms with Crippen molar-refractivity contribution < 1.29 is 0 Å². The zero-order chi connectivity index (χ0) is 12.5. The number of aromatic nitrogens is 2. The third-order valence-corrected chi connectivity index (χ3v) is 3.03. The summed E-state index contributed by atoms with van der Waals surface area (Å²) in [6, 6.07) is 15.5. The van der Waals surface area contributed by atoms with E-state index < -0.39 is 0 Å². The summed E-state index contributed by atoms with van der Waals surface area (Å²) in [7, 11) is 0. The first kappa shape index (κ1) is 11.0. The van der Waals surface area contributed by atoms with Crippen LogP contribution >= 0.6 is 11.6 Å². The number of fused-ring (bicyclic) bond motifs is 1. The lowest BCUT2D eigenvalue weighted by Gasteiger charge is -2.06. The van der Waals surface area contributed by atoms with Gasteiger partial charge in [-0.3, -0.25) is 0 Å². The number of nitrogen functional groups attached to an aromatic ring is 1. The first-order valence-corrected chi connectivity index (χ1v) is 5.90. The van der Waals surface area contributed by atoms with Gasteiger partial charge in [-0.2, -0.15) is 0 Å². The molecule has 0 radical (unpaired) electrons. The van der Waals surface area contributed by atoms with Crippen molar-refractivity contribution in [2.75, 3.05) is 5.73 Å². The fraction of sp³-hybridized carbons (Fsp3) is 0. The van der Waals surface area contributed by atoms with E-state index in [1.807, 2.05) is 42.5 Å². The average molecular weight is 256 g/mol. The highest BCUT2D eigenvalue weighted by molar-refractivity contribution is 6.32. The minimum Gasteiger partial charge on any atom is -0.384 e. The predicted molar refractivity (Wildman–Crippen MR) is 74.4 cm³/mol. The molecule has 0 saturated heterocycles. The molecule has 0 fully saturated rings. The summed E-state index contributed by atoms with van der Waals surface area (Å²) in [6.07, 6.45) is 0. The summed E-state index contributed by atoms with van der Waals surface area (Å²) in [5, 5.41) is 1.36. The van der Waals surface area contributed by atoms with E-state index in [1.54, 1.807) is 6.07 Å². The quantitative estimate of drug-likeness (QED) is 0.677. The van der Waals surface area contributed by atoms with Crippen molar-refractivity contribution >= 4 is 28.5 Å². The van der Waals surface area contributed by atoms with Crippen molar-refractivity contribution in [1.29, 1.82) is 0 Å². The monoisotopic (exact) mass is 255 g/mol. The van der Waals surface area contributed by atoms with E-state index in [9.17, 15) is 0 Å². The summed E-state index contributed by atoms with van der Waals surface area (Å²) < 4.78 is 0. The zero-order valence-electron chi connectivity index (χ0n) is 9.47. The van der Waals surface area contributed by atoms with Crippen LogP contribution in [0.2, 0.25) is 5.15 Å². The molecule has 3 nitrogen and oxygen atoms in total. The Labute approximate surface area is 109 Å². The van der Waals surface area contributed by atoms with Crippen molar-refractivity contribution in [2.45, 2.75) is 0 Å². The summed E-state index contributed by atoms with van der Waals surface area (Å²) in [5.74, 6) is 0.443. The molecule has 2 heterocycles. The fourth-order valence-corrected chi connectivity index (χ4v) is 2.11. The molecule has 3 aromatic rings. The van der Waals surface area contributed by atoms with Gasteiger partial charge in [0, 0.05) is 10.9 Å². The molecule has 0 aliphatic heterocycles. The van der Waals surface area contributed by atoms with Crippen molar-refractivity contribution in [3.63, 3.8) is 0 Å². The van der Waals surface area contributed by atoms with Crippen molar-refractivity contribution in [2.24, 2.45) is 0 Å². The minimum absolute atomic E-state index is 0.437. The first-order valence-electron chi connectivity index (χ1n) is 5.52. The van der Waals surface area contributed by atoms with Crippen LogP contribution in [0.3, 0.4) is 0 Å². The number of anilines is 1. The molecule has 3 rings (SSSR count). The Bertz CT molecular complexity index is 711. The SMILES string of the molecule is Nc1ccc2cc(-c3ccccc3)c(Cl)nc2n1. The van der Waals surface area contributed by atoms with Gasteiger partial charge in [-0.1, -0.05) is 41.9 Å². The Hall–Kier alpha value is -2.13. The van der Waals surface area contributed by atoms with Crippen LogP contribution < -0.4 is 5.73 Å². The molecule has 0 atom stereocenters. The highest BCUT2D eigenvalue weighted by Gasteiger charge is 2.07. The maximum atomic E-state index is 6.20. The smallest absolute Gasteiger partial charge is 0.163 e. The van der Waals surface area contributed by atoms with E-state index in [2.05, 4.69) is 9.97 Å². The Balaban J connectivity index is 2.25. The number of benzene rings is 1. The molecule has 18 heavy (non-hydrogen) atoms. The van der Waals surface area contributed by atoms with Gasteiger partial charge >= 0.3 is 0 Å². The van der Waals surface area contributed by atoms with Crippen LogP contribution in [-0.4, -0.2) is 9.97 Å². The van der Waals surface area contributed by atoms with Gasteiger partial charge in [-0.25, -0.2) is 9.97 Å². The fourth-order valence-electron chi connectivity index (χ4n) is 1.86. The lowest BCUT2D eigenvalue weighted by atomic mass is 10.1. The number of nitrogens with two attached hydrogens (primary N) is 1. The van der Waals surface area contributed by atoms with E-state index >= 15 is 0 Å². The second-order valence-electron chi connectivity index (χ2n) is 3.98. The second-order valence-corrected chi connectivity index (χ2v) is 4.33.